The average Bonchev–Trinajstić information content (AvgIpc) is 2.34. The number of halogens is 1. The Hall–Kier alpha value is -1.20. The van der Waals surface area contributed by atoms with E-state index in [1.165, 1.54) is 11.8 Å². The fourth-order valence-electron chi connectivity index (χ4n) is 1.41. The third-order valence-corrected chi connectivity index (χ3v) is 3.70. The number of thioether (sulfide) groups is 1. The zero-order chi connectivity index (χ0) is 14.4. The van der Waals surface area contributed by atoms with E-state index >= 15 is 0 Å². The number of benzene rings is 1. The van der Waals surface area contributed by atoms with Crippen LogP contribution in [0.5, 0.6) is 0 Å². The van der Waals surface area contributed by atoms with Crippen molar-refractivity contribution in [2.45, 2.75) is 24.8 Å². The topological polar surface area (TPSA) is 66.4 Å². The second kappa shape index (κ2) is 7.40. The van der Waals surface area contributed by atoms with Crippen molar-refractivity contribution in [2.75, 3.05) is 5.75 Å². The smallest absolute Gasteiger partial charge is 0.326 e. The van der Waals surface area contributed by atoms with Crippen LogP contribution in [0, 0.1) is 5.92 Å². The maximum atomic E-state index is 11.7. The van der Waals surface area contributed by atoms with E-state index in [0.29, 0.717) is 5.02 Å². The highest BCUT2D eigenvalue weighted by Crippen LogP contribution is 2.20. The summed E-state index contributed by atoms with van der Waals surface area (Å²) in [6.07, 6.45) is 0. The van der Waals surface area contributed by atoms with Gasteiger partial charge in [0.15, 0.2) is 0 Å². The lowest BCUT2D eigenvalue weighted by molar-refractivity contribution is -0.142. The Morgan fingerprint density at radius 3 is 2.37 bits per heavy atom. The van der Waals surface area contributed by atoms with Crippen LogP contribution in [0.3, 0.4) is 0 Å². The van der Waals surface area contributed by atoms with Crippen molar-refractivity contribution in [1.82, 2.24) is 5.32 Å². The molecule has 0 saturated carbocycles. The number of hydrogen-bond donors (Lipinski definition) is 2. The molecule has 0 saturated heterocycles. The van der Waals surface area contributed by atoms with Gasteiger partial charge in [0, 0.05) is 9.92 Å². The molecule has 19 heavy (non-hydrogen) atoms. The Kier molecular flexibility index (Phi) is 6.18. The number of aliphatic carboxylic acids is 1. The highest BCUT2D eigenvalue weighted by atomic mass is 35.5. The molecule has 1 amide bonds. The number of rotatable bonds is 6. The lowest BCUT2D eigenvalue weighted by Gasteiger charge is -2.17. The van der Waals surface area contributed by atoms with Crippen LogP contribution in [0.2, 0.25) is 5.02 Å². The molecule has 0 heterocycles. The van der Waals surface area contributed by atoms with Crippen molar-refractivity contribution >= 4 is 35.2 Å². The molecule has 0 fully saturated rings. The van der Waals surface area contributed by atoms with E-state index in [1.807, 2.05) is 12.1 Å². The molecule has 1 aromatic carbocycles. The molecule has 1 rings (SSSR count). The van der Waals surface area contributed by atoms with E-state index in [0.717, 1.165) is 4.90 Å². The van der Waals surface area contributed by atoms with Crippen LogP contribution >= 0.6 is 23.4 Å². The van der Waals surface area contributed by atoms with Crippen molar-refractivity contribution < 1.29 is 14.7 Å². The number of carboxylic acids is 1. The molecule has 1 aromatic rings. The minimum Gasteiger partial charge on any atom is -0.480 e. The Balaban J connectivity index is 2.47. The summed E-state index contributed by atoms with van der Waals surface area (Å²) in [4.78, 5) is 23.5. The van der Waals surface area contributed by atoms with Gasteiger partial charge in [0.1, 0.15) is 6.04 Å². The molecular weight excluding hydrogens is 286 g/mol. The van der Waals surface area contributed by atoms with Gasteiger partial charge in [-0.2, -0.15) is 0 Å². The molecule has 0 bridgehead atoms. The largest absolute Gasteiger partial charge is 0.480 e. The quantitative estimate of drug-likeness (QED) is 0.793. The van der Waals surface area contributed by atoms with Gasteiger partial charge >= 0.3 is 5.97 Å². The molecule has 4 nitrogen and oxygen atoms in total. The molecule has 0 radical (unpaired) electrons. The number of carboxylic acid groups (broad SMARTS) is 1. The van der Waals surface area contributed by atoms with Crippen molar-refractivity contribution in [3.8, 4) is 0 Å². The highest BCUT2D eigenvalue weighted by Gasteiger charge is 2.23. The molecule has 104 valence electrons. The predicted octanol–water partition coefficient (Wildman–Crippen LogP) is 2.66. The Bertz CT molecular complexity index is 448. The van der Waals surface area contributed by atoms with Crippen LogP contribution in [-0.4, -0.2) is 28.8 Å². The van der Waals surface area contributed by atoms with Crippen molar-refractivity contribution in [3.05, 3.63) is 29.3 Å². The van der Waals surface area contributed by atoms with Crippen molar-refractivity contribution in [1.29, 1.82) is 0 Å². The predicted molar refractivity (Wildman–Crippen MR) is 76.6 cm³/mol. The van der Waals surface area contributed by atoms with E-state index < -0.39 is 12.0 Å². The zero-order valence-electron chi connectivity index (χ0n) is 10.7. The molecule has 0 aliphatic carbocycles. The molecule has 0 spiro atoms. The van der Waals surface area contributed by atoms with Gasteiger partial charge in [0.05, 0.1) is 5.75 Å². The van der Waals surface area contributed by atoms with E-state index in [4.69, 9.17) is 16.7 Å². The number of carbonyl (C=O) groups excluding carboxylic acids is 1. The van der Waals surface area contributed by atoms with Crippen molar-refractivity contribution in [3.63, 3.8) is 0 Å². The second-order valence-electron chi connectivity index (χ2n) is 4.37. The summed E-state index contributed by atoms with van der Waals surface area (Å²) in [5.41, 5.74) is 0. The number of hydrogen-bond acceptors (Lipinski definition) is 3. The second-order valence-corrected chi connectivity index (χ2v) is 5.86. The lowest BCUT2D eigenvalue weighted by Crippen LogP contribution is -2.45. The van der Waals surface area contributed by atoms with Gasteiger partial charge in [-0.25, -0.2) is 4.79 Å². The van der Waals surface area contributed by atoms with Crippen molar-refractivity contribution in [2.24, 2.45) is 5.92 Å². The van der Waals surface area contributed by atoms with Gasteiger partial charge in [-0.15, -0.1) is 11.8 Å². The summed E-state index contributed by atoms with van der Waals surface area (Å²) >= 11 is 7.10. The van der Waals surface area contributed by atoms with Gasteiger partial charge in [-0.1, -0.05) is 25.4 Å². The van der Waals surface area contributed by atoms with E-state index in [9.17, 15) is 9.59 Å². The van der Waals surface area contributed by atoms with E-state index in [-0.39, 0.29) is 17.6 Å². The molecule has 0 aliphatic rings. The first-order chi connectivity index (χ1) is 8.90. The fraction of sp³-hybridized carbons (Fsp3) is 0.385. The number of amides is 1. The van der Waals surface area contributed by atoms with Crippen LogP contribution in [0.15, 0.2) is 29.2 Å². The normalized spacial score (nSPS) is 12.2. The van der Waals surface area contributed by atoms with Crippen LogP contribution in [0.25, 0.3) is 0 Å². The summed E-state index contributed by atoms with van der Waals surface area (Å²) in [6.45, 7) is 3.51. The lowest BCUT2D eigenvalue weighted by atomic mass is 10.1. The first-order valence-corrected chi connectivity index (χ1v) is 7.17. The van der Waals surface area contributed by atoms with Crippen LogP contribution in [0.4, 0.5) is 0 Å². The monoisotopic (exact) mass is 301 g/mol. The van der Waals surface area contributed by atoms with Crippen LogP contribution < -0.4 is 5.32 Å². The zero-order valence-corrected chi connectivity index (χ0v) is 12.3. The molecule has 0 aromatic heterocycles. The number of carbonyl (C=O) groups is 2. The maximum absolute atomic E-state index is 11.7. The average molecular weight is 302 g/mol. The van der Waals surface area contributed by atoms with Crippen LogP contribution in [0.1, 0.15) is 13.8 Å². The Labute approximate surface area is 121 Å². The standard InChI is InChI=1S/C13H16ClNO3S/c1-8(2)12(13(17)18)15-11(16)7-19-10-5-3-9(14)4-6-10/h3-6,8,12H,7H2,1-2H3,(H,15,16)(H,17,18)/t12-/m1/s1. The highest BCUT2D eigenvalue weighted by molar-refractivity contribution is 8.00. The fourth-order valence-corrected chi connectivity index (χ4v) is 2.24. The summed E-state index contributed by atoms with van der Waals surface area (Å²) in [5.74, 6) is -1.28. The first-order valence-electron chi connectivity index (χ1n) is 5.80. The van der Waals surface area contributed by atoms with Crippen LogP contribution in [-0.2, 0) is 9.59 Å². The summed E-state index contributed by atoms with van der Waals surface area (Å²) < 4.78 is 0. The van der Waals surface area contributed by atoms with Gasteiger partial charge in [0.2, 0.25) is 5.91 Å². The van der Waals surface area contributed by atoms with Gasteiger partial charge in [0.25, 0.3) is 0 Å². The minimum absolute atomic E-state index is 0.151. The summed E-state index contributed by atoms with van der Waals surface area (Å²) in [7, 11) is 0. The van der Waals surface area contributed by atoms with E-state index in [2.05, 4.69) is 5.32 Å². The van der Waals surface area contributed by atoms with Gasteiger partial charge < -0.3 is 10.4 Å². The molecule has 0 unspecified atom stereocenters. The molecule has 1 atom stereocenters. The minimum atomic E-state index is -1.01. The first kappa shape index (κ1) is 15.9. The van der Waals surface area contributed by atoms with Gasteiger partial charge in [-0.05, 0) is 30.2 Å². The third kappa shape index (κ3) is 5.53. The third-order valence-electron chi connectivity index (χ3n) is 2.43. The molecular formula is C13H16ClNO3S. The van der Waals surface area contributed by atoms with Gasteiger partial charge in [-0.3, -0.25) is 4.79 Å². The maximum Gasteiger partial charge on any atom is 0.326 e. The van der Waals surface area contributed by atoms with E-state index in [1.54, 1.807) is 26.0 Å². The molecule has 2 N–H and O–H groups in total. The summed E-state index contributed by atoms with van der Waals surface area (Å²) in [6, 6.07) is 6.28. The molecule has 0 aliphatic heterocycles. The molecule has 6 heteroatoms. The summed E-state index contributed by atoms with van der Waals surface area (Å²) in [5, 5.41) is 12.1. The SMILES string of the molecule is CC(C)[C@@H](NC(=O)CSc1ccc(Cl)cc1)C(=O)O. The Morgan fingerprint density at radius 2 is 1.89 bits per heavy atom. The Morgan fingerprint density at radius 1 is 1.32 bits per heavy atom. The number of nitrogens with one attached hydrogen (secondary N) is 1.